The van der Waals surface area contributed by atoms with Crippen molar-refractivity contribution in [1.82, 2.24) is 23.7 Å². The van der Waals surface area contributed by atoms with Gasteiger partial charge < -0.3 is 9.13 Å². The van der Waals surface area contributed by atoms with Crippen LogP contribution in [-0.4, -0.2) is 23.7 Å². The summed E-state index contributed by atoms with van der Waals surface area (Å²) in [6.07, 6.45) is 1.88. The van der Waals surface area contributed by atoms with Crippen molar-refractivity contribution in [3.8, 4) is 39.7 Å². The summed E-state index contributed by atoms with van der Waals surface area (Å²) >= 11 is 1.89. The zero-order valence-corrected chi connectivity index (χ0v) is 35.2. The Morgan fingerprint density at radius 2 is 0.906 bits per heavy atom. The summed E-state index contributed by atoms with van der Waals surface area (Å²) < 4.78 is 9.62. The predicted molar refractivity (Wildman–Crippen MR) is 269 cm³/mol. The first kappa shape index (κ1) is 35.3. The van der Waals surface area contributed by atoms with Crippen LogP contribution in [0.25, 0.3) is 125 Å². The van der Waals surface area contributed by atoms with Gasteiger partial charge in [0.15, 0.2) is 0 Å². The second-order valence-corrected chi connectivity index (χ2v) is 17.6. The molecule has 0 aliphatic carbocycles. The molecule has 0 spiro atoms. The first-order valence-corrected chi connectivity index (χ1v) is 22.5. The Morgan fingerprint density at radius 3 is 1.66 bits per heavy atom. The highest BCUT2D eigenvalue weighted by atomic mass is 32.1. The molecule has 298 valence electrons. The molecule has 0 atom stereocenters. The molecule has 0 fully saturated rings. The van der Waals surface area contributed by atoms with Crippen LogP contribution in [0.15, 0.2) is 212 Å². The van der Waals surface area contributed by atoms with Gasteiger partial charge in [-0.15, -0.1) is 11.3 Å². The molecule has 64 heavy (non-hydrogen) atoms. The van der Waals surface area contributed by atoms with E-state index >= 15 is 0 Å². The summed E-state index contributed by atoms with van der Waals surface area (Å²) in [5.74, 6) is 0.640. The molecule has 14 rings (SSSR count). The number of aromatic nitrogens is 5. The average Bonchev–Trinajstić information content (AvgIpc) is 4.10. The van der Waals surface area contributed by atoms with Crippen LogP contribution in [0, 0.1) is 0 Å². The van der Waals surface area contributed by atoms with E-state index < -0.39 is 0 Å². The van der Waals surface area contributed by atoms with Crippen LogP contribution in [-0.2, 0) is 0 Å². The van der Waals surface area contributed by atoms with Gasteiger partial charge in [0.05, 0.1) is 38.8 Å². The fourth-order valence-corrected chi connectivity index (χ4v) is 11.6. The molecule has 0 aliphatic heterocycles. The number of nitrogens with zero attached hydrogens (tertiary/aromatic N) is 5. The van der Waals surface area contributed by atoms with Gasteiger partial charge in [0.2, 0.25) is 5.95 Å². The van der Waals surface area contributed by atoms with Gasteiger partial charge in [0.1, 0.15) is 0 Å². The van der Waals surface area contributed by atoms with E-state index in [-0.39, 0.29) is 0 Å². The van der Waals surface area contributed by atoms with Crippen LogP contribution in [0.1, 0.15) is 0 Å². The van der Waals surface area contributed by atoms with Crippen molar-refractivity contribution in [2.75, 3.05) is 0 Å². The highest BCUT2D eigenvalue weighted by Crippen LogP contribution is 2.45. The summed E-state index contributed by atoms with van der Waals surface area (Å²) in [5.41, 5.74) is 13.4. The number of fused-ring (bicyclic) bond motifs is 13. The highest BCUT2D eigenvalue weighted by molar-refractivity contribution is 7.26. The third-order valence-electron chi connectivity index (χ3n) is 13.1. The van der Waals surface area contributed by atoms with Crippen molar-refractivity contribution in [1.29, 1.82) is 0 Å². The fourth-order valence-electron chi connectivity index (χ4n) is 10.3. The van der Waals surface area contributed by atoms with Gasteiger partial charge >= 0.3 is 0 Å². The minimum absolute atomic E-state index is 0.640. The molecule has 0 aliphatic rings. The first-order valence-electron chi connectivity index (χ1n) is 21.6. The van der Waals surface area contributed by atoms with Crippen molar-refractivity contribution < 1.29 is 0 Å². The van der Waals surface area contributed by atoms with E-state index in [1.807, 2.05) is 23.6 Å². The minimum Gasteiger partial charge on any atom is -0.309 e. The average molecular weight is 834 g/mol. The van der Waals surface area contributed by atoms with E-state index in [1.165, 1.54) is 69.3 Å². The molecule has 5 heterocycles. The molecular formula is C58H35N5S. The quantitative estimate of drug-likeness (QED) is 0.173. The van der Waals surface area contributed by atoms with Crippen LogP contribution < -0.4 is 0 Å². The summed E-state index contributed by atoms with van der Waals surface area (Å²) in [4.78, 5) is 10.2. The maximum atomic E-state index is 5.29. The Balaban J connectivity index is 0.915. The van der Waals surface area contributed by atoms with Crippen molar-refractivity contribution in [3.63, 3.8) is 0 Å². The molecule has 0 saturated carbocycles. The number of hydrogen-bond donors (Lipinski definition) is 0. The molecule has 5 nitrogen and oxygen atoms in total. The second kappa shape index (κ2) is 13.6. The molecule has 6 heteroatoms. The van der Waals surface area contributed by atoms with Crippen molar-refractivity contribution in [2.24, 2.45) is 0 Å². The third-order valence-corrected chi connectivity index (χ3v) is 14.3. The Morgan fingerprint density at radius 1 is 0.344 bits per heavy atom. The molecule has 0 radical (unpaired) electrons. The van der Waals surface area contributed by atoms with Gasteiger partial charge in [-0.25, -0.2) is 9.97 Å². The van der Waals surface area contributed by atoms with Gasteiger partial charge in [-0.3, -0.25) is 4.57 Å². The standard InChI is InChI=1S/C58H35N5S/c1-2-14-39(15-3-1)61-53-29-26-37(35-47(53)56-54(61)30-27-45-44-20-7-11-24-55(44)64-57(45)56)36-25-28-52-46(34-36)43-19-6-10-23-51(43)63(52)58-59-32-31-48(60-58)38-13-12-16-40(33-38)62-49-21-8-4-17-41(49)42-18-5-9-22-50(42)62/h1-35H. The van der Waals surface area contributed by atoms with Crippen LogP contribution in [0.4, 0.5) is 0 Å². The molecule has 0 amide bonds. The van der Waals surface area contributed by atoms with E-state index in [4.69, 9.17) is 9.97 Å². The smallest absolute Gasteiger partial charge is 0.235 e. The summed E-state index contributed by atoms with van der Waals surface area (Å²) in [6, 6.07) is 74.5. The number of thiophene rings is 1. The van der Waals surface area contributed by atoms with E-state index in [1.54, 1.807) is 0 Å². The monoisotopic (exact) mass is 833 g/mol. The lowest BCUT2D eigenvalue weighted by Gasteiger charge is -2.11. The zero-order chi connectivity index (χ0) is 41.9. The minimum atomic E-state index is 0.640. The number of hydrogen-bond acceptors (Lipinski definition) is 3. The van der Waals surface area contributed by atoms with E-state index in [0.29, 0.717) is 5.95 Å². The van der Waals surface area contributed by atoms with E-state index in [0.717, 1.165) is 50.0 Å². The lowest BCUT2D eigenvalue weighted by Crippen LogP contribution is -2.02. The largest absolute Gasteiger partial charge is 0.309 e. The van der Waals surface area contributed by atoms with Crippen molar-refractivity contribution in [3.05, 3.63) is 212 Å². The summed E-state index contributed by atoms with van der Waals surface area (Å²) in [6.45, 7) is 0. The Labute approximate surface area is 371 Å². The van der Waals surface area contributed by atoms with Gasteiger partial charge in [-0.05, 0) is 96.1 Å². The number of rotatable bonds is 5. The zero-order valence-electron chi connectivity index (χ0n) is 34.4. The van der Waals surface area contributed by atoms with Crippen LogP contribution in [0.5, 0.6) is 0 Å². The Kier molecular flexibility index (Phi) is 7.49. The van der Waals surface area contributed by atoms with Crippen LogP contribution in [0.2, 0.25) is 0 Å². The van der Waals surface area contributed by atoms with Gasteiger partial charge in [0, 0.05) is 75.6 Å². The fraction of sp³-hybridized carbons (Fsp3) is 0. The maximum Gasteiger partial charge on any atom is 0.235 e. The predicted octanol–water partition coefficient (Wildman–Crippen LogP) is 15.5. The SMILES string of the molecule is c1ccc(-n2c3ccc(-c4ccc5c(c4)c4ccccc4n5-c4nccc(-c5cccc(-n6c7ccccc7c7ccccc76)c5)n4)cc3c3c4sc5ccccc5c4ccc32)cc1. The topological polar surface area (TPSA) is 40.6 Å². The Hall–Kier alpha value is -8.32. The van der Waals surface area contributed by atoms with Crippen LogP contribution >= 0.6 is 11.3 Å². The molecule has 14 aromatic rings. The van der Waals surface area contributed by atoms with Gasteiger partial charge in [-0.2, -0.15) is 0 Å². The number of benzene rings is 9. The summed E-state index contributed by atoms with van der Waals surface area (Å²) in [5, 5.41) is 9.98. The third kappa shape index (κ3) is 5.11. The highest BCUT2D eigenvalue weighted by Gasteiger charge is 2.20. The van der Waals surface area contributed by atoms with Gasteiger partial charge in [0.25, 0.3) is 0 Å². The first-order chi connectivity index (χ1) is 31.7. The molecule has 5 aromatic heterocycles. The molecular weight excluding hydrogens is 799 g/mol. The maximum absolute atomic E-state index is 5.29. The lowest BCUT2D eigenvalue weighted by molar-refractivity contribution is 0.992. The van der Waals surface area contributed by atoms with Crippen LogP contribution in [0.3, 0.4) is 0 Å². The molecule has 0 bridgehead atoms. The van der Waals surface area contributed by atoms with Gasteiger partial charge in [-0.1, -0.05) is 121 Å². The summed E-state index contributed by atoms with van der Waals surface area (Å²) in [7, 11) is 0. The lowest BCUT2D eigenvalue weighted by atomic mass is 10.00. The normalized spacial score (nSPS) is 12.1. The second-order valence-electron chi connectivity index (χ2n) is 16.6. The Bertz CT molecular complexity index is 4150. The van der Waals surface area contributed by atoms with E-state index in [2.05, 4.69) is 214 Å². The molecule has 0 N–H and O–H groups in total. The molecule has 0 unspecified atom stereocenters. The van der Waals surface area contributed by atoms with Crippen molar-refractivity contribution in [2.45, 2.75) is 0 Å². The molecule has 9 aromatic carbocycles. The van der Waals surface area contributed by atoms with Crippen molar-refractivity contribution >= 4 is 96.9 Å². The molecule has 0 saturated heterocycles. The number of para-hydroxylation sites is 4. The van der Waals surface area contributed by atoms with E-state index in [9.17, 15) is 0 Å².